The van der Waals surface area contributed by atoms with Gasteiger partial charge in [0.1, 0.15) is 0 Å². The van der Waals surface area contributed by atoms with Crippen molar-refractivity contribution in [1.29, 1.82) is 0 Å². The lowest BCUT2D eigenvalue weighted by atomic mass is 9.99. The normalized spacial score (nSPS) is 17.0. The number of hydrogen-bond acceptors (Lipinski definition) is 7. The Hall–Kier alpha value is -2.06. The Labute approximate surface area is 169 Å². The number of amides is 1. The number of aromatic amines is 1. The fraction of sp³-hybridized carbons (Fsp3) is 0.500. The van der Waals surface area contributed by atoms with Crippen LogP contribution in [0.25, 0.3) is 10.9 Å². The Kier molecular flexibility index (Phi) is 8.29. The van der Waals surface area contributed by atoms with Crippen LogP contribution in [-0.4, -0.2) is 71.5 Å². The monoisotopic (exact) mass is 450 g/mol. The summed E-state index contributed by atoms with van der Waals surface area (Å²) in [6.07, 6.45) is 3.85. The van der Waals surface area contributed by atoms with Crippen molar-refractivity contribution in [3.8, 4) is 0 Å². The van der Waals surface area contributed by atoms with E-state index in [1.54, 1.807) is 0 Å². The van der Waals surface area contributed by atoms with Crippen LogP contribution in [0.5, 0.6) is 0 Å². The second-order valence-corrected chi connectivity index (χ2v) is 9.80. The number of hydrogen-bond donors (Lipinski definition) is 4. The van der Waals surface area contributed by atoms with Gasteiger partial charge in [-0.05, 0) is 37.5 Å². The number of nitrogens with zero attached hydrogens (tertiary/aromatic N) is 2. The third kappa shape index (κ3) is 8.87. The number of rotatable bonds is 1. The van der Waals surface area contributed by atoms with Crippen LogP contribution in [0.4, 0.5) is 0 Å². The van der Waals surface area contributed by atoms with E-state index in [-0.39, 0.29) is 11.9 Å². The maximum Gasteiger partial charge on any atom is 0.261 e. The van der Waals surface area contributed by atoms with Gasteiger partial charge in [-0.15, -0.1) is 0 Å². The molecule has 0 spiro atoms. The molecular formula is C16H26N4O7S2. The van der Waals surface area contributed by atoms with Crippen molar-refractivity contribution in [3.63, 3.8) is 0 Å². The predicted molar refractivity (Wildman–Crippen MR) is 108 cm³/mol. The molecule has 11 nitrogen and oxygen atoms in total. The van der Waals surface area contributed by atoms with Gasteiger partial charge in [-0.1, -0.05) is 6.07 Å². The van der Waals surface area contributed by atoms with Crippen LogP contribution in [0, 0.1) is 0 Å². The van der Waals surface area contributed by atoms with Crippen molar-refractivity contribution >= 4 is 37.0 Å². The highest BCUT2D eigenvalue weighted by molar-refractivity contribution is 7.85. The van der Waals surface area contributed by atoms with Crippen LogP contribution in [0.2, 0.25) is 0 Å². The largest absolute Gasteiger partial charge is 0.335 e. The maximum atomic E-state index is 12.3. The fourth-order valence-electron chi connectivity index (χ4n) is 2.72. The molecule has 1 aliphatic heterocycles. The lowest BCUT2D eigenvalue weighted by molar-refractivity contribution is -0.134. The van der Waals surface area contributed by atoms with Crippen LogP contribution in [-0.2, 0) is 38.0 Å². The van der Waals surface area contributed by atoms with Gasteiger partial charge in [0.15, 0.2) is 0 Å². The first kappa shape index (κ1) is 25.0. The maximum absolute atomic E-state index is 12.3. The van der Waals surface area contributed by atoms with E-state index < -0.39 is 26.3 Å². The molecule has 1 amide bonds. The van der Waals surface area contributed by atoms with Crippen molar-refractivity contribution < 1.29 is 30.7 Å². The van der Waals surface area contributed by atoms with Gasteiger partial charge in [0.2, 0.25) is 5.91 Å². The molecule has 0 radical (unpaired) electrons. The molecule has 2 aromatic rings. The molecule has 1 atom stereocenters. The first-order valence-electron chi connectivity index (χ1n) is 8.42. The van der Waals surface area contributed by atoms with Crippen molar-refractivity contribution in [2.75, 3.05) is 12.5 Å². The lowest BCUT2D eigenvalue weighted by Crippen LogP contribution is -2.45. The Morgan fingerprint density at radius 2 is 1.69 bits per heavy atom. The number of carbonyl (C=O) groups excluding carboxylic acids is 1. The standard InChI is InChI=1S/C14H18N4O.2CH4O3S/c1-8(2)18-7-11-9(5-12(15)14(18)19)3-4-13-10(11)6-16-17-13;2*1-5(2,3)4/h3-4,6,8,12H,5,7,15H2,1-2H3,(H,16,17);2*1H3,(H,2,3,4)/t12-;;/m1../s1. The van der Waals surface area contributed by atoms with E-state index >= 15 is 0 Å². The average molecular weight is 451 g/mol. The molecule has 29 heavy (non-hydrogen) atoms. The molecule has 0 saturated heterocycles. The number of carbonyl (C=O) groups is 1. The second kappa shape index (κ2) is 9.63. The van der Waals surface area contributed by atoms with Crippen LogP contribution in [0.15, 0.2) is 18.3 Å². The number of benzene rings is 1. The fourth-order valence-corrected chi connectivity index (χ4v) is 2.72. The summed E-state index contributed by atoms with van der Waals surface area (Å²) in [7, 11) is -7.33. The SMILES string of the molecule is CC(C)N1Cc2c(ccc3[nH]ncc23)C[C@@H](N)C1=O.CS(=O)(=O)O.CS(=O)(=O)O. The Morgan fingerprint density at radius 3 is 2.17 bits per heavy atom. The topological polar surface area (TPSA) is 184 Å². The van der Waals surface area contributed by atoms with Gasteiger partial charge in [0.05, 0.1) is 30.3 Å². The summed E-state index contributed by atoms with van der Waals surface area (Å²) >= 11 is 0. The quantitative estimate of drug-likeness (QED) is 0.440. The molecule has 0 fully saturated rings. The van der Waals surface area contributed by atoms with Gasteiger partial charge in [0.25, 0.3) is 20.2 Å². The zero-order valence-electron chi connectivity index (χ0n) is 16.5. The van der Waals surface area contributed by atoms with E-state index in [1.165, 1.54) is 5.56 Å². The smallest absolute Gasteiger partial charge is 0.261 e. The first-order valence-corrected chi connectivity index (χ1v) is 12.1. The summed E-state index contributed by atoms with van der Waals surface area (Å²) in [5, 5.41) is 8.15. The summed E-state index contributed by atoms with van der Waals surface area (Å²) in [5.74, 6) is 0.0304. The molecule has 1 aromatic heterocycles. The highest BCUT2D eigenvalue weighted by Crippen LogP contribution is 2.27. The molecule has 0 bridgehead atoms. The van der Waals surface area contributed by atoms with E-state index in [0.717, 1.165) is 16.5 Å². The van der Waals surface area contributed by atoms with E-state index in [4.69, 9.17) is 14.8 Å². The van der Waals surface area contributed by atoms with Crippen LogP contribution >= 0.6 is 0 Å². The van der Waals surface area contributed by atoms with E-state index in [0.29, 0.717) is 25.5 Å². The van der Waals surface area contributed by atoms with Crippen molar-refractivity contribution in [1.82, 2.24) is 15.1 Å². The van der Waals surface area contributed by atoms with Gasteiger partial charge in [0, 0.05) is 18.0 Å². The lowest BCUT2D eigenvalue weighted by Gasteiger charge is -2.27. The van der Waals surface area contributed by atoms with E-state index in [1.807, 2.05) is 37.1 Å². The minimum absolute atomic E-state index is 0.0304. The van der Waals surface area contributed by atoms with Crippen LogP contribution in [0.3, 0.4) is 0 Å². The summed E-state index contributed by atoms with van der Waals surface area (Å²) in [6.45, 7) is 4.65. The van der Waals surface area contributed by atoms with Crippen molar-refractivity contribution in [2.45, 2.75) is 38.9 Å². The summed E-state index contributed by atoms with van der Waals surface area (Å²) in [4.78, 5) is 14.2. The first-order chi connectivity index (χ1) is 13.1. The van der Waals surface area contributed by atoms with Gasteiger partial charge in [-0.25, -0.2) is 0 Å². The zero-order valence-corrected chi connectivity index (χ0v) is 18.2. The molecular weight excluding hydrogens is 424 g/mol. The van der Waals surface area contributed by atoms with Gasteiger partial charge in [-0.3, -0.25) is 19.0 Å². The third-order valence-electron chi connectivity index (χ3n) is 3.82. The molecule has 0 unspecified atom stereocenters. The summed E-state index contributed by atoms with van der Waals surface area (Å²) < 4.78 is 51.7. The number of H-pyrrole nitrogens is 1. The number of nitrogens with two attached hydrogens (primary N) is 1. The van der Waals surface area contributed by atoms with Crippen LogP contribution < -0.4 is 5.73 Å². The zero-order chi connectivity index (χ0) is 22.6. The molecule has 3 rings (SSSR count). The second-order valence-electron chi connectivity index (χ2n) is 6.87. The third-order valence-corrected chi connectivity index (χ3v) is 3.82. The predicted octanol–water partition coefficient (Wildman–Crippen LogP) is 0.191. The molecule has 2 heterocycles. The molecule has 0 aliphatic carbocycles. The molecule has 5 N–H and O–H groups in total. The van der Waals surface area contributed by atoms with E-state index in [2.05, 4.69) is 10.2 Å². The Balaban J connectivity index is 0.000000353. The molecule has 1 aliphatic rings. The highest BCUT2D eigenvalue weighted by Gasteiger charge is 2.29. The van der Waals surface area contributed by atoms with Gasteiger partial charge >= 0.3 is 0 Å². The molecule has 13 heteroatoms. The molecule has 1 aromatic carbocycles. The highest BCUT2D eigenvalue weighted by atomic mass is 32.2. The Morgan fingerprint density at radius 1 is 1.17 bits per heavy atom. The summed E-state index contributed by atoms with van der Waals surface area (Å²) in [6, 6.07) is 3.75. The number of fused-ring (bicyclic) bond motifs is 3. The summed E-state index contributed by atoms with van der Waals surface area (Å²) in [5.41, 5.74) is 9.35. The average Bonchev–Trinajstić information content (AvgIpc) is 2.93. The van der Waals surface area contributed by atoms with E-state index in [9.17, 15) is 21.6 Å². The minimum Gasteiger partial charge on any atom is -0.335 e. The van der Waals surface area contributed by atoms with Gasteiger partial charge < -0.3 is 10.6 Å². The molecule has 0 saturated carbocycles. The van der Waals surface area contributed by atoms with Crippen LogP contribution in [0.1, 0.15) is 25.0 Å². The minimum atomic E-state index is -3.67. The van der Waals surface area contributed by atoms with Crippen molar-refractivity contribution in [2.24, 2.45) is 5.73 Å². The van der Waals surface area contributed by atoms with Crippen molar-refractivity contribution in [3.05, 3.63) is 29.5 Å². The Bertz CT molecular complexity index is 1020. The number of aromatic nitrogens is 2. The molecule has 164 valence electrons. The number of nitrogens with one attached hydrogen (secondary N) is 1. The van der Waals surface area contributed by atoms with Gasteiger partial charge in [-0.2, -0.15) is 21.9 Å².